The second kappa shape index (κ2) is 6.14. The molecule has 0 atom stereocenters. The van der Waals surface area contributed by atoms with Crippen LogP contribution < -0.4 is 4.72 Å². The van der Waals surface area contributed by atoms with E-state index in [-0.39, 0.29) is 4.90 Å². The Morgan fingerprint density at radius 2 is 2.00 bits per heavy atom. The highest BCUT2D eigenvalue weighted by molar-refractivity contribution is 7.92. The summed E-state index contributed by atoms with van der Waals surface area (Å²) < 4.78 is 31.9. The summed E-state index contributed by atoms with van der Waals surface area (Å²) in [5.41, 5.74) is 1.79. The fourth-order valence-electron chi connectivity index (χ4n) is 2.82. The molecule has 22 heavy (non-hydrogen) atoms. The molecule has 0 amide bonds. The number of sulfonamides is 1. The van der Waals surface area contributed by atoms with E-state index in [4.69, 9.17) is 4.42 Å². The number of nitrogens with one attached hydrogen (secondary N) is 1. The third-order valence-electron chi connectivity index (χ3n) is 4.13. The van der Waals surface area contributed by atoms with E-state index in [9.17, 15) is 8.42 Å². The van der Waals surface area contributed by atoms with Gasteiger partial charge in [-0.1, -0.05) is 12.1 Å². The maximum absolute atomic E-state index is 12.2. The van der Waals surface area contributed by atoms with Gasteiger partial charge in [0.05, 0.1) is 6.26 Å². The van der Waals surface area contributed by atoms with Crippen molar-refractivity contribution in [2.75, 3.05) is 24.9 Å². The molecule has 0 aliphatic carbocycles. The SMILES string of the molecule is CN1CCC(c2cccc(NS(=O)(=O)c3ccoc3)c2)CC1. The fourth-order valence-corrected chi connectivity index (χ4v) is 3.79. The van der Waals surface area contributed by atoms with Crippen molar-refractivity contribution in [2.24, 2.45) is 0 Å². The molecule has 1 aromatic carbocycles. The molecule has 0 radical (unpaired) electrons. The minimum atomic E-state index is -3.58. The number of hydrogen-bond donors (Lipinski definition) is 1. The van der Waals surface area contributed by atoms with E-state index < -0.39 is 10.0 Å². The molecule has 0 unspecified atom stereocenters. The van der Waals surface area contributed by atoms with Crippen molar-refractivity contribution in [1.82, 2.24) is 4.90 Å². The van der Waals surface area contributed by atoms with Crippen LogP contribution in [0.15, 0.2) is 52.2 Å². The van der Waals surface area contributed by atoms with E-state index in [2.05, 4.69) is 22.7 Å². The van der Waals surface area contributed by atoms with E-state index in [1.807, 2.05) is 12.1 Å². The third-order valence-corrected chi connectivity index (χ3v) is 5.49. The Balaban J connectivity index is 1.77. The number of furan rings is 1. The van der Waals surface area contributed by atoms with Gasteiger partial charge in [0.15, 0.2) is 0 Å². The van der Waals surface area contributed by atoms with E-state index in [0.29, 0.717) is 11.6 Å². The summed E-state index contributed by atoms with van der Waals surface area (Å²) in [5, 5.41) is 0. The van der Waals surface area contributed by atoms with Gasteiger partial charge in [0.25, 0.3) is 10.0 Å². The average molecular weight is 320 g/mol. The molecule has 1 saturated heterocycles. The topological polar surface area (TPSA) is 62.6 Å². The van der Waals surface area contributed by atoms with Crippen LogP contribution in [-0.4, -0.2) is 33.5 Å². The van der Waals surface area contributed by atoms with Gasteiger partial charge in [-0.2, -0.15) is 0 Å². The Hall–Kier alpha value is -1.79. The van der Waals surface area contributed by atoms with Crippen LogP contribution in [0.3, 0.4) is 0 Å². The van der Waals surface area contributed by atoms with E-state index in [1.54, 1.807) is 6.07 Å². The van der Waals surface area contributed by atoms with Crippen LogP contribution in [0.25, 0.3) is 0 Å². The molecule has 3 rings (SSSR count). The van der Waals surface area contributed by atoms with Crippen molar-refractivity contribution in [2.45, 2.75) is 23.7 Å². The zero-order valence-electron chi connectivity index (χ0n) is 12.5. The lowest BCUT2D eigenvalue weighted by molar-refractivity contribution is 0.255. The van der Waals surface area contributed by atoms with Crippen LogP contribution in [0.5, 0.6) is 0 Å². The van der Waals surface area contributed by atoms with E-state index in [0.717, 1.165) is 25.9 Å². The Morgan fingerprint density at radius 1 is 1.23 bits per heavy atom. The van der Waals surface area contributed by atoms with Crippen molar-refractivity contribution in [3.63, 3.8) is 0 Å². The van der Waals surface area contributed by atoms with Gasteiger partial charge in [0, 0.05) is 5.69 Å². The molecule has 2 aromatic rings. The number of piperidine rings is 1. The first-order valence-corrected chi connectivity index (χ1v) is 8.86. The van der Waals surface area contributed by atoms with Gasteiger partial charge in [-0.3, -0.25) is 4.72 Å². The predicted molar refractivity (Wildman–Crippen MR) is 85.4 cm³/mol. The van der Waals surface area contributed by atoms with Crippen molar-refractivity contribution >= 4 is 15.7 Å². The third kappa shape index (κ3) is 3.34. The molecule has 1 N–H and O–H groups in total. The lowest BCUT2D eigenvalue weighted by Crippen LogP contribution is -2.29. The van der Waals surface area contributed by atoms with Gasteiger partial charge < -0.3 is 9.32 Å². The zero-order chi connectivity index (χ0) is 15.6. The molecule has 118 valence electrons. The Kier molecular flexibility index (Phi) is 4.22. The summed E-state index contributed by atoms with van der Waals surface area (Å²) in [6, 6.07) is 9.12. The molecule has 0 spiro atoms. The summed E-state index contributed by atoms with van der Waals surface area (Å²) in [5.74, 6) is 0.495. The largest absolute Gasteiger partial charge is 0.471 e. The monoisotopic (exact) mass is 320 g/mol. The fraction of sp³-hybridized carbons (Fsp3) is 0.375. The van der Waals surface area contributed by atoms with Crippen molar-refractivity contribution in [3.05, 3.63) is 48.4 Å². The van der Waals surface area contributed by atoms with Gasteiger partial charge in [0.2, 0.25) is 0 Å². The van der Waals surface area contributed by atoms with Crippen LogP contribution in [-0.2, 0) is 10.0 Å². The summed E-state index contributed by atoms with van der Waals surface area (Å²) in [6.45, 7) is 2.16. The second-order valence-corrected chi connectivity index (χ2v) is 7.45. The van der Waals surface area contributed by atoms with Crippen LogP contribution in [0.2, 0.25) is 0 Å². The number of rotatable bonds is 4. The minimum absolute atomic E-state index is 0.136. The Bertz CT molecular complexity index is 718. The maximum Gasteiger partial charge on any atom is 0.265 e. The second-order valence-electron chi connectivity index (χ2n) is 5.77. The number of hydrogen-bond acceptors (Lipinski definition) is 4. The van der Waals surface area contributed by atoms with Crippen LogP contribution in [0.1, 0.15) is 24.3 Å². The molecule has 2 heterocycles. The summed E-state index contributed by atoms with van der Waals surface area (Å²) in [7, 11) is -1.45. The lowest BCUT2D eigenvalue weighted by atomic mass is 9.89. The predicted octanol–water partition coefficient (Wildman–Crippen LogP) is 2.89. The molecular weight excluding hydrogens is 300 g/mol. The summed E-state index contributed by atoms with van der Waals surface area (Å²) in [6.07, 6.45) is 4.79. The average Bonchev–Trinajstić information content (AvgIpc) is 3.03. The minimum Gasteiger partial charge on any atom is -0.471 e. The number of likely N-dealkylation sites (tertiary alicyclic amines) is 1. The zero-order valence-corrected chi connectivity index (χ0v) is 13.3. The highest BCUT2D eigenvalue weighted by atomic mass is 32.2. The molecule has 5 nitrogen and oxygen atoms in total. The van der Waals surface area contributed by atoms with Crippen LogP contribution >= 0.6 is 0 Å². The van der Waals surface area contributed by atoms with Gasteiger partial charge in [-0.15, -0.1) is 0 Å². The van der Waals surface area contributed by atoms with Crippen molar-refractivity contribution in [3.8, 4) is 0 Å². The number of anilines is 1. The van der Waals surface area contributed by atoms with Gasteiger partial charge in [0.1, 0.15) is 11.2 Å². The highest BCUT2D eigenvalue weighted by Gasteiger charge is 2.20. The lowest BCUT2D eigenvalue weighted by Gasteiger charge is -2.29. The highest BCUT2D eigenvalue weighted by Crippen LogP contribution is 2.29. The number of benzene rings is 1. The quantitative estimate of drug-likeness (QED) is 0.941. The standard InChI is InChI=1S/C16H20N2O3S/c1-18-8-5-13(6-9-18)14-3-2-4-15(11-14)17-22(19,20)16-7-10-21-12-16/h2-4,7,10-13,17H,5-6,8-9H2,1H3. The van der Waals surface area contributed by atoms with Gasteiger partial charge in [-0.05, 0) is 62.7 Å². The first kappa shape index (κ1) is 15.1. The molecule has 1 aliphatic heterocycles. The molecule has 1 aliphatic rings. The smallest absolute Gasteiger partial charge is 0.265 e. The first-order valence-electron chi connectivity index (χ1n) is 7.38. The van der Waals surface area contributed by atoms with Crippen LogP contribution in [0, 0.1) is 0 Å². The number of nitrogens with zero attached hydrogens (tertiary/aromatic N) is 1. The van der Waals surface area contributed by atoms with Gasteiger partial charge in [-0.25, -0.2) is 8.42 Å². The van der Waals surface area contributed by atoms with E-state index in [1.165, 1.54) is 24.2 Å². The first-order chi connectivity index (χ1) is 10.5. The maximum atomic E-state index is 12.2. The van der Waals surface area contributed by atoms with E-state index >= 15 is 0 Å². The van der Waals surface area contributed by atoms with Crippen molar-refractivity contribution in [1.29, 1.82) is 0 Å². The van der Waals surface area contributed by atoms with Gasteiger partial charge >= 0.3 is 0 Å². The molecule has 0 saturated carbocycles. The normalized spacial score (nSPS) is 17.5. The molecule has 6 heteroatoms. The molecular formula is C16H20N2O3S. The Morgan fingerprint density at radius 3 is 2.68 bits per heavy atom. The molecule has 0 bridgehead atoms. The van der Waals surface area contributed by atoms with Crippen LogP contribution in [0.4, 0.5) is 5.69 Å². The van der Waals surface area contributed by atoms with Crippen molar-refractivity contribution < 1.29 is 12.8 Å². The summed E-state index contributed by atoms with van der Waals surface area (Å²) >= 11 is 0. The summed E-state index contributed by atoms with van der Waals surface area (Å²) in [4.78, 5) is 2.46. The molecule has 1 fully saturated rings. The Labute approximate surface area is 131 Å². The molecule has 1 aromatic heterocycles.